The SMILES string of the molecule is c1ccc(-c2ccc3cc(-c4ccc5c(ccc6c5c5ccccc5n6-c5cc(-c6ccccc6)nc(-c6ccccc6)n5)c4)ccc3c2)cc1. The van der Waals surface area contributed by atoms with Crippen LogP contribution >= 0.6 is 0 Å². The number of nitrogens with zero attached hydrogens (tertiary/aromatic N) is 3. The fourth-order valence-corrected chi connectivity index (χ4v) is 7.48. The van der Waals surface area contributed by atoms with E-state index in [0.29, 0.717) is 5.82 Å². The highest BCUT2D eigenvalue weighted by molar-refractivity contribution is 6.21. The molecule has 0 fully saturated rings. The Bertz CT molecular complexity index is 2830. The van der Waals surface area contributed by atoms with Gasteiger partial charge in [-0.3, -0.25) is 4.57 Å². The zero-order chi connectivity index (χ0) is 33.7. The normalized spacial score (nSPS) is 11.5. The summed E-state index contributed by atoms with van der Waals surface area (Å²) in [5, 5.41) is 7.33. The molecule has 0 amide bonds. The van der Waals surface area contributed by atoms with Crippen molar-refractivity contribution in [3.8, 4) is 50.7 Å². The second kappa shape index (κ2) is 11.9. The molecule has 2 heterocycles. The molecule has 238 valence electrons. The predicted octanol–water partition coefficient (Wildman–Crippen LogP) is 12.5. The highest BCUT2D eigenvalue weighted by atomic mass is 15.1. The number of hydrogen-bond donors (Lipinski definition) is 0. The molecule has 0 aliphatic heterocycles. The topological polar surface area (TPSA) is 30.7 Å². The van der Waals surface area contributed by atoms with Crippen LogP contribution in [0.15, 0.2) is 188 Å². The Morgan fingerprint density at radius 1 is 0.333 bits per heavy atom. The number of para-hydroxylation sites is 1. The number of benzene rings is 8. The molecule has 3 nitrogen and oxygen atoms in total. The Balaban J connectivity index is 1.12. The fourth-order valence-electron chi connectivity index (χ4n) is 7.48. The molecule has 2 aromatic heterocycles. The van der Waals surface area contributed by atoms with Gasteiger partial charge in [-0.1, -0.05) is 152 Å². The Morgan fingerprint density at radius 2 is 0.882 bits per heavy atom. The first-order chi connectivity index (χ1) is 25.3. The monoisotopic (exact) mass is 649 g/mol. The van der Waals surface area contributed by atoms with E-state index in [2.05, 4.69) is 168 Å². The van der Waals surface area contributed by atoms with Gasteiger partial charge in [0.05, 0.1) is 16.7 Å². The minimum absolute atomic E-state index is 0.704. The molecule has 51 heavy (non-hydrogen) atoms. The summed E-state index contributed by atoms with van der Waals surface area (Å²) < 4.78 is 2.30. The average Bonchev–Trinajstić information content (AvgIpc) is 3.56. The molecule has 0 aliphatic rings. The highest BCUT2D eigenvalue weighted by Gasteiger charge is 2.18. The summed E-state index contributed by atoms with van der Waals surface area (Å²) in [5.41, 5.74) is 10.1. The molecule has 8 aromatic carbocycles. The van der Waals surface area contributed by atoms with Crippen molar-refractivity contribution in [1.29, 1.82) is 0 Å². The van der Waals surface area contributed by atoms with Gasteiger partial charge in [-0.2, -0.15) is 0 Å². The molecule has 0 aliphatic carbocycles. The predicted molar refractivity (Wildman–Crippen MR) is 213 cm³/mol. The first-order valence-corrected chi connectivity index (χ1v) is 17.3. The fraction of sp³-hybridized carbons (Fsp3) is 0. The van der Waals surface area contributed by atoms with Crippen LogP contribution in [0.5, 0.6) is 0 Å². The van der Waals surface area contributed by atoms with E-state index < -0.39 is 0 Å². The molecule has 0 atom stereocenters. The summed E-state index contributed by atoms with van der Waals surface area (Å²) in [4.78, 5) is 10.2. The number of hydrogen-bond acceptors (Lipinski definition) is 2. The maximum atomic E-state index is 5.20. The van der Waals surface area contributed by atoms with Crippen molar-refractivity contribution < 1.29 is 0 Å². The molecule has 3 heteroatoms. The third-order valence-corrected chi connectivity index (χ3v) is 9.98. The van der Waals surface area contributed by atoms with Crippen LogP contribution in [0.1, 0.15) is 0 Å². The molecule has 0 radical (unpaired) electrons. The van der Waals surface area contributed by atoms with Crippen LogP contribution in [0.2, 0.25) is 0 Å². The molecule has 0 saturated heterocycles. The lowest BCUT2D eigenvalue weighted by Gasteiger charge is -2.12. The van der Waals surface area contributed by atoms with E-state index in [0.717, 1.165) is 33.7 Å². The third-order valence-electron chi connectivity index (χ3n) is 9.98. The lowest BCUT2D eigenvalue weighted by molar-refractivity contribution is 1.05. The first kappa shape index (κ1) is 29.1. The second-order valence-electron chi connectivity index (χ2n) is 13.1. The lowest BCUT2D eigenvalue weighted by Crippen LogP contribution is -2.02. The van der Waals surface area contributed by atoms with Gasteiger partial charge in [0.2, 0.25) is 0 Å². The number of fused-ring (bicyclic) bond motifs is 6. The van der Waals surface area contributed by atoms with E-state index in [1.165, 1.54) is 54.6 Å². The first-order valence-electron chi connectivity index (χ1n) is 17.3. The quantitative estimate of drug-likeness (QED) is 0.186. The summed E-state index contributed by atoms with van der Waals surface area (Å²) in [5.74, 6) is 1.55. The van der Waals surface area contributed by atoms with Gasteiger partial charge in [-0.05, 0) is 74.1 Å². The molecule has 0 bridgehead atoms. The minimum Gasteiger partial charge on any atom is -0.294 e. The van der Waals surface area contributed by atoms with Crippen molar-refractivity contribution in [2.75, 3.05) is 0 Å². The van der Waals surface area contributed by atoms with Crippen LogP contribution in [0.3, 0.4) is 0 Å². The van der Waals surface area contributed by atoms with Crippen LogP contribution in [-0.2, 0) is 0 Å². The lowest BCUT2D eigenvalue weighted by atomic mass is 9.95. The standard InChI is InChI=1S/C48H31N3/c1-4-12-32(13-5-1)35-20-21-37-29-38(23-22-36(37)28-35)39-24-26-41-40(30-39)25-27-45-47(41)42-18-10-11-19-44(42)51(45)46-31-43(33-14-6-2-7-15-33)49-48(50-46)34-16-8-3-9-17-34/h1-31H. The summed E-state index contributed by atoms with van der Waals surface area (Å²) >= 11 is 0. The van der Waals surface area contributed by atoms with Crippen molar-refractivity contribution in [2.24, 2.45) is 0 Å². The zero-order valence-electron chi connectivity index (χ0n) is 27.7. The Hall–Kier alpha value is -6.84. The minimum atomic E-state index is 0.704. The number of rotatable bonds is 5. The maximum Gasteiger partial charge on any atom is 0.162 e. The van der Waals surface area contributed by atoms with Crippen LogP contribution in [0.25, 0.3) is 94.1 Å². The van der Waals surface area contributed by atoms with Crippen LogP contribution in [0.4, 0.5) is 0 Å². The van der Waals surface area contributed by atoms with Gasteiger partial charge in [0.15, 0.2) is 5.82 Å². The van der Waals surface area contributed by atoms with Crippen molar-refractivity contribution in [2.45, 2.75) is 0 Å². The average molecular weight is 650 g/mol. The van der Waals surface area contributed by atoms with E-state index in [-0.39, 0.29) is 0 Å². The highest BCUT2D eigenvalue weighted by Crippen LogP contribution is 2.39. The van der Waals surface area contributed by atoms with Gasteiger partial charge in [0.25, 0.3) is 0 Å². The van der Waals surface area contributed by atoms with Crippen molar-refractivity contribution in [1.82, 2.24) is 14.5 Å². The van der Waals surface area contributed by atoms with E-state index in [1.807, 2.05) is 24.3 Å². The molecule has 0 saturated carbocycles. The molecule has 0 N–H and O–H groups in total. The maximum absolute atomic E-state index is 5.20. The molecule has 0 unspecified atom stereocenters. The van der Waals surface area contributed by atoms with Crippen LogP contribution in [0, 0.1) is 0 Å². The number of aromatic nitrogens is 3. The van der Waals surface area contributed by atoms with Crippen molar-refractivity contribution in [3.05, 3.63) is 188 Å². The van der Waals surface area contributed by atoms with E-state index >= 15 is 0 Å². The largest absolute Gasteiger partial charge is 0.294 e. The van der Waals surface area contributed by atoms with E-state index in [9.17, 15) is 0 Å². The Kier molecular flexibility index (Phi) is 6.81. The zero-order valence-corrected chi connectivity index (χ0v) is 27.7. The van der Waals surface area contributed by atoms with E-state index in [1.54, 1.807) is 0 Å². The Labute approximate surface area is 295 Å². The summed E-state index contributed by atoms with van der Waals surface area (Å²) in [6, 6.07) is 66.8. The van der Waals surface area contributed by atoms with Gasteiger partial charge in [-0.15, -0.1) is 0 Å². The van der Waals surface area contributed by atoms with Gasteiger partial charge >= 0.3 is 0 Å². The summed E-state index contributed by atoms with van der Waals surface area (Å²) in [7, 11) is 0. The summed E-state index contributed by atoms with van der Waals surface area (Å²) in [6.07, 6.45) is 0. The second-order valence-corrected chi connectivity index (χ2v) is 13.1. The van der Waals surface area contributed by atoms with Gasteiger partial charge in [-0.25, -0.2) is 9.97 Å². The molecular formula is C48H31N3. The van der Waals surface area contributed by atoms with Crippen molar-refractivity contribution >= 4 is 43.4 Å². The Morgan fingerprint density at radius 3 is 1.59 bits per heavy atom. The van der Waals surface area contributed by atoms with Crippen LogP contribution < -0.4 is 0 Å². The molecule has 0 spiro atoms. The van der Waals surface area contributed by atoms with Gasteiger partial charge in [0, 0.05) is 28.0 Å². The molecule has 10 rings (SSSR count). The van der Waals surface area contributed by atoms with Crippen molar-refractivity contribution in [3.63, 3.8) is 0 Å². The third kappa shape index (κ3) is 5.06. The van der Waals surface area contributed by atoms with E-state index in [4.69, 9.17) is 9.97 Å². The van der Waals surface area contributed by atoms with Gasteiger partial charge < -0.3 is 0 Å². The molecule has 10 aromatic rings. The van der Waals surface area contributed by atoms with Gasteiger partial charge in [0.1, 0.15) is 5.82 Å². The molecular weight excluding hydrogens is 619 g/mol. The van der Waals surface area contributed by atoms with Crippen LogP contribution in [-0.4, -0.2) is 14.5 Å². The summed E-state index contributed by atoms with van der Waals surface area (Å²) in [6.45, 7) is 0. The smallest absolute Gasteiger partial charge is 0.162 e.